The topological polar surface area (TPSA) is 29.3 Å². The van der Waals surface area contributed by atoms with E-state index in [4.69, 9.17) is 5.73 Å². The minimum absolute atomic E-state index is 0.259. The van der Waals surface area contributed by atoms with Gasteiger partial charge >= 0.3 is 0 Å². The van der Waals surface area contributed by atoms with Crippen LogP contribution in [-0.4, -0.2) is 10.0 Å². The summed E-state index contributed by atoms with van der Waals surface area (Å²) in [5.74, 6) is 0. The Balaban J connectivity index is 3.88. The Morgan fingerprint density at radius 1 is 1.50 bits per heavy atom. The van der Waals surface area contributed by atoms with Gasteiger partial charge in [-0.2, -0.15) is 0 Å². The Morgan fingerprint density at radius 2 is 1.88 bits per heavy atom. The molecule has 0 saturated heterocycles. The van der Waals surface area contributed by atoms with E-state index in [1.165, 1.54) is 17.3 Å². The van der Waals surface area contributed by atoms with Crippen molar-refractivity contribution in [2.75, 3.05) is 0 Å². The van der Waals surface area contributed by atoms with Crippen LogP contribution in [-0.2, 0) is 0 Å². The Bertz CT molecular complexity index is 112. The maximum absolute atomic E-state index is 5.17. The molecular formula is C5H8N2S. The smallest absolute Gasteiger partial charge is 0.174 e. The second-order valence-corrected chi connectivity index (χ2v) is 1.53. The Labute approximate surface area is 54.3 Å². The van der Waals surface area contributed by atoms with Crippen LogP contribution in [0.5, 0.6) is 0 Å². The van der Waals surface area contributed by atoms with Crippen molar-refractivity contribution in [1.29, 1.82) is 0 Å². The van der Waals surface area contributed by atoms with E-state index in [-0.39, 0.29) is 5.11 Å². The minimum atomic E-state index is 0.259. The lowest BCUT2D eigenvalue weighted by atomic mass is 10.7. The van der Waals surface area contributed by atoms with Crippen LogP contribution < -0.4 is 5.73 Å². The van der Waals surface area contributed by atoms with Gasteiger partial charge in [0.15, 0.2) is 5.11 Å². The average molecular weight is 128 g/mol. The lowest BCUT2D eigenvalue weighted by molar-refractivity contribution is 0.772. The standard InChI is InChI=1S/C5H8N2S/c1-3-7(4-2)5(6)8/h3-4H,1-2H2,(H2,6,8). The number of rotatable bonds is 2. The number of hydrogen-bond donors (Lipinski definition) is 1. The van der Waals surface area contributed by atoms with Gasteiger partial charge in [-0.3, -0.25) is 0 Å². The SMILES string of the molecule is C=CN(C=C)C(N)=S. The van der Waals surface area contributed by atoms with Crippen molar-refractivity contribution < 1.29 is 0 Å². The van der Waals surface area contributed by atoms with E-state index in [1.54, 1.807) is 0 Å². The molecule has 0 aromatic rings. The van der Waals surface area contributed by atoms with E-state index in [2.05, 4.69) is 25.4 Å². The highest BCUT2D eigenvalue weighted by Gasteiger charge is 1.90. The van der Waals surface area contributed by atoms with Crippen molar-refractivity contribution >= 4 is 17.3 Å². The first-order valence-electron chi connectivity index (χ1n) is 2.05. The van der Waals surface area contributed by atoms with E-state index in [0.717, 1.165) is 0 Å². The zero-order valence-corrected chi connectivity index (χ0v) is 5.32. The van der Waals surface area contributed by atoms with Crippen molar-refractivity contribution in [3.05, 3.63) is 25.6 Å². The quantitative estimate of drug-likeness (QED) is 0.558. The summed E-state index contributed by atoms with van der Waals surface area (Å²) in [7, 11) is 0. The van der Waals surface area contributed by atoms with Gasteiger partial charge in [-0.25, -0.2) is 0 Å². The fraction of sp³-hybridized carbons (Fsp3) is 0. The molecule has 0 bridgehead atoms. The lowest BCUT2D eigenvalue weighted by Gasteiger charge is -2.09. The van der Waals surface area contributed by atoms with Crippen molar-refractivity contribution in [2.45, 2.75) is 0 Å². The molecule has 0 aromatic carbocycles. The van der Waals surface area contributed by atoms with Gasteiger partial charge in [0, 0.05) is 12.4 Å². The third-order valence-corrected chi connectivity index (χ3v) is 0.859. The maximum Gasteiger partial charge on any atom is 0.174 e. The third kappa shape index (κ3) is 1.75. The van der Waals surface area contributed by atoms with Crippen LogP contribution in [0, 0.1) is 0 Å². The molecule has 0 aliphatic heterocycles. The van der Waals surface area contributed by atoms with E-state index in [9.17, 15) is 0 Å². The molecule has 0 saturated carbocycles. The molecule has 0 heterocycles. The van der Waals surface area contributed by atoms with Gasteiger partial charge in [-0.15, -0.1) is 0 Å². The number of nitrogens with zero attached hydrogens (tertiary/aromatic N) is 1. The molecule has 2 N–H and O–H groups in total. The molecule has 0 rings (SSSR count). The molecular weight excluding hydrogens is 120 g/mol. The maximum atomic E-state index is 5.17. The van der Waals surface area contributed by atoms with Crippen molar-refractivity contribution in [2.24, 2.45) is 5.73 Å². The van der Waals surface area contributed by atoms with Crippen LogP contribution in [0.1, 0.15) is 0 Å². The number of nitrogens with two attached hydrogens (primary N) is 1. The summed E-state index contributed by atoms with van der Waals surface area (Å²) in [5, 5.41) is 0.259. The van der Waals surface area contributed by atoms with Gasteiger partial charge in [0.05, 0.1) is 0 Å². The average Bonchev–Trinajstić information content (AvgIpc) is 1.69. The van der Waals surface area contributed by atoms with Crippen LogP contribution in [0.3, 0.4) is 0 Å². The molecule has 44 valence electrons. The third-order valence-electron chi connectivity index (χ3n) is 0.648. The summed E-state index contributed by atoms with van der Waals surface area (Å²) in [4.78, 5) is 1.45. The fourth-order valence-electron chi connectivity index (χ4n) is 0.254. The molecule has 8 heavy (non-hydrogen) atoms. The van der Waals surface area contributed by atoms with Crippen LogP contribution in [0.2, 0.25) is 0 Å². The molecule has 0 atom stereocenters. The normalized spacial score (nSPS) is 7.50. The summed E-state index contributed by atoms with van der Waals surface area (Å²) in [6.45, 7) is 6.88. The van der Waals surface area contributed by atoms with Crippen LogP contribution >= 0.6 is 12.2 Å². The molecule has 0 spiro atoms. The van der Waals surface area contributed by atoms with Gasteiger partial charge in [0.2, 0.25) is 0 Å². The monoisotopic (exact) mass is 128 g/mol. The summed E-state index contributed by atoms with van der Waals surface area (Å²) in [6.07, 6.45) is 2.99. The molecule has 3 heteroatoms. The van der Waals surface area contributed by atoms with Crippen LogP contribution in [0.15, 0.2) is 25.6 Å². The highest BCUT2D eigenvalue weighted by atomic mass is 32.1. The molecule has 0 aromatic heterocycles. The van der Waals surface area contributed by atoms with Crippen LogP contribution in [0.4, 0.5) is 0 Å². The number of thiocarbonyl (C=S) groups is 1. The second-order valence-electron chi connectivity index (χ2n) is 1.11. The van der Waals surface area contributed by atoms with E-state index >= 15 is 0 Å². The minimum Gasteiger partial charge on any atom is -0.376 e. The predicted molar refractivity (Wildman–Crippen MR) is 39.0 cm³/mol. The lowest BCUT2D eigenvalue weighted by Crippen LogP contribution is -2.25. The Hall–Kier alpha value is -0.830. The molecule has 0 amide bonds. The van der Waals surface area contributed by atoms with Gasteiger partial charge in [0.1, 0.15) is 0 Å². The molecule has 0 aliphatic rings. The molecule has 0 fully saturated rings. The molecule has 2 nitrogen and oxygen atoms in total. The first-order valence-corrected chi connectivity index (χ1v) is 2.46. The fourth-order valence-corrected chi connectivity index (χ4v) is 0.404. The van der Waals surface area contributed by atoms with Crippen molar-refractivity contribution in [3.63, 3.8) is 0 Å². The molecule has 0 unspecified atom stereocenters. The number of hydrogen-bond acceptors (Lipinski definition) is 1. The van der Waals surface area contributed by atoms with Gasteiger partial charge in [-0.05, 0) is 12.2 Å². The highest BCUT2D eigenvalue weighted by Crippen LogP contribution is 1.85. The Kier molecular flexibility index (Phi) is 2.88. The van der Waals surface area contributed by atoms with E-state index < -0.39 is 0 Å². The zero-order valence-electron chi connectivity index (χ0n) is 4.50. The van der Waals surface area contributed by atoms with Gasteiger partial charge < -0.3 is 10.6 Å². The first-order chi connectivity index (χ1) is 3.72. The summed E-state index contributed by atoms with van der Waals surface area (Å²) < 4.78 is 0. The molecule has 0 aliphatic carbocycles. The van der Waals surface area contributed by atoms with Gasteiger partial charge in [-0.1, -0.05) is 13.2 Å². The first kappa shape index (κ1) is 7.17. The second kappa shape index (κ2) is 3.21. The summed E-state index contributed by atoms with van der Waals surface area (Å²) in [5.41, 5.74) is 5.17. The van der Waals surface area contributed by atoms with Gasteiger partial charge in [0.25, 0.3) is 0 Å². The predicted octanol–water partition coefficient (Wildman–Crippen LogP) is 0.819. The van der Waals surface area contributed by atoms with E-state index in [1.807, 2.05) is 0 Å². The van der Waals surface area contributed by atoms with Crippen molar-refractivity contribution in [1.82, 2.24) is 4.90 Å². The molecule has 0 radical (unpaired) electrons. The van der Waals surface area contributed by atoms with Crippen LogP contribution in [0.25, 0.3) is 0 Å². The zero-order chi connectivity index (χ0) is 6.57. The summed E-state index contributed by atoms with van der Waals surface area (Å²) >= 11 is 4.58. The summed E-state index contributed by atoms with van der Waals surface area (Å²) in [6, 6.07) is 0. The largest absolute Gasteiger partial charge is 0.376 e. The van der Waals surface area contributed by atoms with E-state index in [0.29, 0.717) is 0 Å². The van der Waals surface area contributed by atoms with Crippen molar-refractivity contribution in [3.8, 4) is 0 Å². The highest BCUT2D eigenvalue weighted by molar-refractivity contribution is 7.80. The Morgan fingerprint density at radius 3 is 1.88 bits per heavy atom.